The molecule has 3 rings (SSSR count). The second-order valence-corrected chi connectivity index (χ2v) is 6.11. The summed E-state index contributed by atoms with van der Waals surface area (Å²) in [5.74, 6) is 0.540. The molecular formula is C23H18F3NO3. The van der Waals surface area contributed by atoms with Crippen molar-refractivity contribution in [2.45, 2.75) is 13.3 Å². The first kappa shape index (κ1) is 21.0. The molecule has 0 bridgehead atoms. The SMILES string of the molecule is C/C(=C\Oc1ccccc1)C(=Nc1ccccc1)Oc1cccc(OC(F)(F)F)c1. The van der Waals surface area contributed by atoms with Gasteiger partial charge in [-0.15, -0.1) is 13.2 Å². The lowest BCUT2D eigenvalue weighted by atomic mass is 10.3. The third kappa shape index (κ3) is 6.70. The number of hydrogen-bond donors (Lipinski definition) is 0. The monoisotopic (exact) mass is 413 g/mol. The van der Waals surface area contributed by atoms with Crippen molar-refractivity contribution in [1.29, 1.82) is 0 Å². The number of hydrogen-bond acceptors (Lipinski definition) is 4. The molecule has 3 aromatic carbocycles. The molecule has 0 heterocycles. The van der Waals surface area contributed by atoms with E-state index in [-0.39, 0.29) is 17.4 Å². The Morgan fingerprint density at radius 3 is 2.07 bits per heavy atom. The number of alkyl halides is 3. The van der Waals surface area contributed by atoms with Gasteiger partial charge >= 0.3 is 6.36 Å². The van der Waals surface area contributed by atoms with Gasteiger partial charge in [0.15, 0.2) is 0 Å². The first-order chi connectivity index (χ1) is 14.4. The van der Waals surface area contributed by atoms with E-state index in [1.807, 2.05) is 36.4 Å². The summed E-state index contributed by atoms with van der Waals surface area (Å²) in [5.41, 5.74) is 1.15. The fraction of sp³-hybridized carbons (Fsp3) is 0.0870. The van der Waals surface area contributed by atoms with Crippen molar-refractivity contribution in [3.05, 3.63) is 96.8 Å². The predicted molar refractivity (Wildman–Crippen MR) is 108 cm³/mol. The number of rotatable bonds is 6. The fourth-order valence-corrected chi connectivity index (χ4v) is 2.36. The van der Waals surface area contributed by atoms with E-state index in [2.05, 4.69) is 9.73 Å². The van der Waals surface area contributed by atoms with E-state index >= 15 is 0 Å². The Morgan fingerprint density at radius 2 is 1.40 bits per heavy atom. The van der Waals surface area contributed by atoms with E-state index in [1.165, 1.54) is 24.5 Å². The number of halogens is 3. The van der Waals surface area contributed by atoms with Gasteiger partial charge in [-0.1, -0.05) is 42.5 Å². The highest BCUT2D eigenvalue weighted by Gasteiger charge is 2.31. The van der Waals surface area contributed by atoms with Crippen LogP contribution in [0.25, 0.3) is 0 Å². The lowest BCUT2D eigenvalue weighted by Gasteiger charge is -2.12. The molecule has 4 nitrogen and oxygen atoms in total. The predicted octanol–water partition coefficient (Wildman–Crippen LogP) is 6.68. The zero-order chi connectivity index (χ0) is 21.4. The minimum atomic E-state index is -4.79. The number of ether oxygens (including phenoxy) is 3. The molecule has 0 N–H and O–H groups in total. The van der Waals surface area contributed by atoms with Crippen LogP contribution in [-0.2, 0) is 0 Å². The van der Waals surface area contributed by atoms with Crippen LogP contribution in [-0.4, -0.2) is 12.3 Å². The summed E-state index contributed by atoms with van der Waals surface area (Å²) in [6.07, 6.45) is -3.33. The summed E-state index contributed by atoms with van der Waals surface area (Å²) < 4.78 is 52.8. The van der Waals surface area contributed by atoms with Crippen LogP contribution < -0.4 is 14.2 Å². The number of benzene rings is 3. The van der Waals surface area contributed by atoms with Crippen LogP contribution in [0.2, 0.25) is 0 Å². The molecule has 0 saturated carbocycles. The number of nitrogens with zero attached hydrogens (tertiary/aromatic N) is 1. The lowest BCUT2D eigenvalue weighted by molar-refractivity contribution is -0.274. The Labute approximate surface area is 171 Å². The molecule has 0 saturated heterocycles. The van der Waals surface area contributed by atoms with Crippen LogP contribution in [0.4, 0.5) is 18.9 Å². The summed E-state index contributed by atoms with van der Waals surface area (Å²) in [5, 5.41) is 0. The topological polar surface area (TPSA) is 40.0 Å². The lowest BCUT2D eigenvalue weighted by Crippen LogP contribution is -2.17. The van der Waals surface area contributed by atoms with Gasteiger partial charge in [0.25, 0.3) is 0 Å². The van der Waals surface area contributed by atoms with E-state index in [4.69, 9.17) is 9.47 Å². The Morgan fingerprint density at radius 1 is 0.800 bits per heavy atom. The van der Waals surface area contributed by atoms with Crippen molar-refractivity contribution < 1.29 is 27.4 Å². The Hall–Kier alpha value is -3.74. The molecule has 30 heavy (non-hydrogen) atoms. The molecule has 0 amide bonds. The van der Waals surface area contributed by atoms with Crippen molar-refractivity contribution in [3.8, 4) is 17.2 Å². The highest BCUT2D eigenvalue weighted by Crippen LogP contribution is 2.27. The number of aliphatic imine (C=N–C) groups is 1. The Bertz CT molecular complexity index is 1020. The highest BCUT2D eigenvalue weighted by atomic mass is 19.4. The van der Waals surface area contributed by atoms with Crippen LogP contribution in [0.5, 0.6) is 17.2 Å². The molecule has 0 unspecified atom stereocenters. The maximum absolute atomic E-state index is 12.5. The summed E-state index contributed by atoms with van der Waals surface area (Å²) in [6, 6.07) is 23.4. The third-order valence-electron chi connectivity index (χ3n) is 3.69. The van der Waals surface area contributed by atoms with Crippen LogP contribution in [0.1, 0.15) is 6.92 Å². The molecule has 0 atom stereocenters. The Kier molecular flexibility index (Phi) is 6.75. The molecular weight excluding hydrogens is 395 g/mol. The fourth-order valence-electron chi connectivity index (χ4n) is 2.36. The van der Waals surface area contributed by atoms with Crippen LogP contribution >= 0.6 is 0 Å². The van der Waals surface area contributed by atoms with Gasteiger partial charge in [-0.2, -0.15) is 0 Å². The van der Waals surface area contributed by atoms with Gasteiger partial charge in [0.2, 0.25) is 5.90 Å². The van der Waals surface area contributed by atoms with Gasteiger partial charge in [0.05, 0.1) is 11.9 Å². The van der Waals surface area contributed by atoms with Gasteiger partial charge in [-0.3, -0.25) is 0 Å². The molecule has 7 heteroatoms. The van der Waals surface area contributed by atoms with E-state index in [9.17, 15) is 13.2 Å². The molecule has 0 aliphatic carbocycles. The van der Waals surface area contributed by atoms with E-state index < -0.39 is 6.36 Å². The van der Waals surface area contributed by atoms with Gasteiger partial charge in [-0.05, 0) is 43.3 Å². The third-order valence-corrected chi connectivity index (χ3v) is 3.69. The van der Waals surface area contributed by atoms with E-state index in [0.29, 0.717) is 17.0 Å². The zero-order valence-corrected chi connectivity index (χ0v) is 16.0. The number of para-hydroxylation sites is 2. The van der Waals surface area contributed by atoms with Gasteiger partial charge in [0, 0.05) is 11.6 Å². The largest absolute Gasteiger partial charge is 0.573 e. The van der Waals surface area contributed by atoms with Crippen molar-refractivity contribution in [2.75, 3.05) is 0 Å². The molecule has 0 aromatic heterocycles. The first-order valence-electron chi connectivity index (χ1n) is 8.95. The van der Waals surface area contributed by atoms with Crippen molar-refractivity contribution in [1.82, 2.24) is 0 Å². The second-order valence-electron chi connectivity index (χ2n) is 6.11. The quantitative estimate of drug-likeness (QED) is 0.257. The van der Waals surface area contributed by atoms with Crippen molar-refractivity contribution >= 4 is 11.6 Å². The highest BCUT2D eigenvalue weighted by molar-refractivity contribution is 5.96. The maximum Gasteiger partial charge on any atom is 0.573 e. The van der Waals surface area contributed by atoms with Crippen LogP contribution in [0.3, 0.4) is 0 Å². The average molecular weight is 413 g/mol. The van der Waals surface area contributed by atoms with Crippen LogP contribution in [0, 0.1) is 0 Å². The molecule has 0 fully saturated rings. The standard InChI is InChI=1S/C23H18F3NO3/c1-17(16-28-19-11-6-3-7-12-19)22(27-18-9-4-2-5-10-18)29-20-13-8-14-21(15-20)30-23(24,25)26/h2-16H,1H3/b17-16+,27-22?. The molecule has 0 aliphatic heterocycles. The van der Waals surface area contributed by atoms with E-state index in [0.717, 1.165) is 6.07 Å². The van der Waals surface area contributed by atoms with Crippen molar-refractivity contribution in [3.63, 3.8) is 0 Å². The normalized spacial score (nSPS) is 12.4. The minimum Gasteiger partial charge on any atom is -0.465 e. The molecule has 3 aromatic rings. The van der Waals surface area contributed by atoms with Gasteiger partial charge in [-0.25, -0.2) is 4.99 Å². The first-order valence-corrected chi connectivity index (χ1v) is 8.95. The molecule has 0 aliphatic rings. The van der Waals surface area contributed by atoms with E-state index in [1.54, 1.807) is 31.2 Å². The second kappa shape index (κ2) is 9.65. The molecule has 154 valence electrons. The maximum atomic E-state index is 12.5. The summed E-state index contributed by atoms with van der Waals surface area (Å²) in [6.45, 7) is 1.72. The summed E-state index contributed by atoms with van der Waals surface area (Å²) in [7, 11) is 0. The van der Waals surface area contributed by atoms with Crippen molar-refractivity contribution in [2.24, 2.45) is 4.99 Å². The van der Waals surface area contributed by atoms with Gasteiger partial charge in [0.1, 0.15) is 17.2 Å². The summed E-state index contributed by atoms with van der Waals surface area (Å²) in [4.78, 5) is 4.45. The smallest absolute Gasteiger partial charge is 0.465 e. The molecule has 0 radical (unpaired) electrons. The molecule has 0 spiro atoms. The Balaban J connectivity index is 1.87. The average Bonchev–Trinajstić information content (AvgIpc) is 2.72. The van der Waals surface area contributed by atoms with Crippen LogP contribution in [0.15, 0.2) is 102 Å². The zero-order valence-electron chi connectivity index (χ0n) is 16.0. The van der Waals surface area contributed by atoms with Gasteiger partial charge < -0.3 is 14.2 Å². The minimum absolute atomic E-state index is 0.138. The summed E-state index contributed by atoms with van der Waals surface area (Å²) >= 11 is 0.